The van der Waals surface area contributed by atoms with Crippen molar-refractivity contribution in [3.05, 3.63) is 0 Å². The lowest BCUT2D eigenvalue weighted by molar-refractivity contribution is 0.781. The number of nitrogens with two attached hydrogens (primary N) is 1. The lowest BCUT2D eigenvalue weighted by Crippen LogP contribution is -2.25. The van der Waals surface area contributed by atoms with Gasteiger partial charge < -0.3 is 0 Å². The largest absolute Gasteiger partial charge is 0.282 e. The molecule has 0 bridgehead atoms. The fourth-order valence-corrected chi connectivity index (χ4v) is 0. The first kappa shape index (κ1) is 8.45. The summed E-state index contributed by atoms with van der Waals surface area (Å²) in [7, 11) is 4.10. The van der Waals surface area contributed by atoms with E-state index in [-0.39, 0.29) is 5.16 Å². The number of rotatable bonds is 0. The molecule has 0 saturated carbocycles. The average molecular weight is 130 g/mol. The maximum atomic E-state index is 5.70. The molecule has 0 aliphatic rings. The van der Waals surface area contributed by atoms with E-state index in [1.165, 1.54) is 0 Å². The molecule has 0 aliphatic heterocycles. The minimum absolute atomic E-state index is 0.104. The molecule has 0 amide bonds. The molecule has 0 aromatic heterocycles. The van der Waals surface area contributed by atoms with Crippen LogP contribution in [-0.2, 0) is 0 Å². The minimum atomic E-state index is -1.60. The highest BCUT2D eigenvalue weighted by molar-refractivity contribution is 7.96. The van der Waals surface area contributed by atoms with Gasteiger partial charge in [-0.25, -0.2) is 0 Å². The number of hydrogen-bond donors (Lipinski definition) is 1. The van der Waals surface area contributed by atoms with E-state index in [9.17, 15) is 0 Å². The molecule has 0 rings (SSSR count). The molecular formula is C5H14BNP. The minimum Gasteiger partial charge on any atom is -0.282 e. The van der Waals surface area contributed by atoms with Gasteiger partial charge in [-0.3, -0.25) is 13.1 Å². The normalized spacial score (nSPS) is 20.2. The van der Waals surface area contributed by atoms with E-state index in [1.54, 1.807) is 0 Å². The van der Waals surface area contributed by atoms with Crippen LogP contribution in [0.2, 0.25) is 0 Å². The highest BCUT2D eigenvalue weighted by Crippen LogP contribution is 2.53. The second kappa shape index (κ2) is 2.00. The quantitative estimate of drug-likeness (QED) is 0.389. The van der Waals surface area contributed by atoms with E-state index in [4.69, 9.17) is 13.1 Å². The van der Waals surface area contributed by atoms with Crippen molar-refractivity contribution in [1.82, 2.24) is 0 Å². The highest BCUT2D eigenvalue weighted by atomic mass is 31.2. The third kappa shape index (κ3) is 2.15. The zero-order chi connectivity index (χ0) is 7.00. The van der Waals surface area contributed by atoms with Crippen LogP contribution < -0.4 is 5.50 Å². The molecule has 3 radical (unpaired) electrons. The van der Waals surface area contributed by atoms with Crippen LogP contribution in [0.5, 0.6) is 0 Å². The van der Waals surface area contributed by atoms with Crippen LogP contribution in [0.15, 0.2) is 0 Å². The second-order valence-electron chi connectivity index (χ2n) is 3.32. The Morgan fingerprint density at radius 3 is 1.50 bits per heavy atom. The summed E-state index contributed by atoms with van der Waals surface area (Å²) >= 11 is 0. The summed E-state index contributed by atoms with van der Waals surface area (Å²) < 4.78 is 0. The maximum absolute atomic E-state index is 5.70. The van der Waals surface area contributed by atoms with E-state index in [2.05, 4.69) is 20.8 Å². The molecule has 0 fully saturated rings. The van der Waals surface area contributed by atoms with Gasteiger partial charge in [0.15, 0.2) is 0 Å². The van der Waals surface area contributed by atoms with Crippen molar-refractivity contribution in [2.75, 3.05) is 6.66 Å². The van der Waals surface area contributed by atoms with Crippen molar-refractivity contribution in [3.63, 3.8) is 0 Å². The molecular weight excluding hydrogens is 116 g/mol. The lowest BCUT2D eigenvalue weighted by Gasteiger charge is -2.39. The van der Waals surface area contributed by atoms with Crippen LogP contribution >= 0.6 is 7.29 Å². The molecule has 3 heteroatoms. The molecule has 0 aromatic rings. The van der Waals surface area contributed by atoms with Gasteiger partial charge in [-0.15, -0.1) is 0 Å². The van der Waals surface area contributed by atoms with Gasteiger partial charge in [0.05, 0.1) is 0 Å². The highest BCUT2D eigenvalue weighted by Gasteiger charge is 2.23. The summed E-state index contributed by atoms with van der Waals surface area (Å²) in [6.45, 7) is 8.15. The lowest BCUT2D eigenvalue weighted by atomic mass is 10.3. The maximum Gasteiger partial charge on any atom is 0.0384 e. The van der Waals surface area contributed by atoms with E-state index < -0.39 is 7.29 Å². The Morgan fingerprint density at radius 2 is 1.50 bits per heavy atom. The summed E-state index contributed by atoms with van der Waals surface area (Å²) in [5, 5.41) is 0.104. The SMILES string of the molecule is [B-][P+](C)(N)C(C)(C)C. The van der Waals surface area contributed by atoms with Crippen LogP contribution in [-0.4, -0.2) is 19.4 Å². The third-order valence-electron chi connectivity index (χ3n) is 1.45. The summed E-state index contributed by atoms with van der Waals surface area (Å²) in [5.41, 5.74) is 5.70. The first-order chi connectivity index (χ1) is 3.25. The Hall–Kier alpha value is 0.455. The van der Waals surface area contributed by atoms with Crippen LogP contribution in [0.25, 0.3) is 0 Å². The molecule has 0 aliphatic carbocycles. The van der Waals surface area contributed by atoms with Crippen LogP contribution in [0.4, 0.5) is 0 Å². The van der Waals surface area contributed by atoms with Crippen LogP contribution in [0.3, 0.4) is 0 Å². The van der Waals surface area contributed by atoms with E-state index >= 15 is 0 Å². The van der Waals surface area contributed by atoms with Gasteiger partial charge in [-0.1, -0.05) is 0 Å². The molecule has 1 unspecified atom stereocenters. The second-order valence-corrected chi connectivity index (χ2v) is 6.95. The van der Waals surface area contributed by atoms with Crippen LogP contribution in [0.1, 0.15) is 20.8 Å². The molecule has 47 valence electrons. The van der Waals surface area contributed by atoms with E-state index in [0.717, 1.165) is 0 Å². The molecule has 1 atom stereocenters. The Labute approximate surface area is 53.8 Å². The van der Waals surface area contributed by atoms with Gasteiger partial charge in [0.25, 0.3) is 0 Å². The van der Waals surface area contributed by atoms with Crippen molar-refractivity contribution < 1.29 is 0 Å². The zero-order valence-corrected chi connectivity index (χ0v) is 7.00. The fraction of sp³-hybridized carbons (Fsp3) is 1.00. The first-order valence-corrected chi connectivity index (χ1v) is 5.06. The Balaban J connectivity index is 4.02. The summed E-state index contributed by atoms with van der Waals surface area (Å²) in [5.74, 6) is 0. The van der Waals surface area contributed by atoms with Crippen LogP contribution in [0, 0.1) is 0 Å². The van der Waals surface area contributed by atoms with Crippen molar-refractivity contribution in [2.45, 2.75) is 25.9 Å². The smallest absolute Gasteiger partial charge is 0.0384 e. The van der Waals surface area contributed by atoms with E-state index in [0.29, 0.717) is 0 Å². The Kier molecular flexibility index (Phi) is 2.12. The van der Waals surface area contributed by atoms with Gasteiger partial charge in [0, 0.05) is 11.8 Å². The van der Waals surface area contributed by atoms with Crippen molar-refractivity contribution >= 4 is 14.9 Å². The summed E-state index contributed by atoms with van der Waals surface area (Å²) in [4.78, 5) is 0. The van der Waals surface area contributed by atoms with E-state index in [1.807, 2.05) is 6.66 Å². The molecule has 2 N–H and O–H groups in total. The van der Waals surface area contributed by atoms with Crippen molar-refractivity contribution in [1.29, 1.82) is 0 Å². The van der Waals surface area contributed by atoms with Gasteiger partial charge in [0.1, 0.15) is 0 Å². The molecule has 8 heavy (non-hydrogen) atoms. The molecule has 0 heterocycles. The predicted octanol–water partition coefficient (Wildman–Crippen LogP) is 1.39. The fourth-order valence-electron chi connectivity index (χ4n) is 0. The zero-order valence-electron chi connectivity index (χ0n) is 6.10. The van der Waals surface area contributed by atoms with Crippen molar-refractivity contribution in [2.24, 2.45) is 5.50 Å². The Bertz CT molecular complexity index is 67.4. The first-order valence-electron chi connectivity index (χ1n) is 2.69. The average Bonchev–Trinajstić information content (AvgIpc) is 1.25. The summed E-state index contributed by atoms with van der Waals surface area (Å²) in [6, 6.07) is 0. The Morgan fingerprint density at radius 1 is 1.38 bits per heavy atom. The van der Waals surface area contributed by atoms with Gasteiger partial charge in [-0.05, 0) is 20.8 Å². The topological polar surface area (TPSA) is 26.0 Å². The third-order valence-corrected chi connectivity index (χ3v) is 4.34. The van der Waals surface area contributed by atoms with Gasteiger partial charge >= 0.3 is 0 Å². The predicted molar refractivity (Wildman–Crippen MR) is 42.5 cm³/mol. The van der Waals surface area contributed by atoms with Crippen molar-refractivity contribution in [3.8, 4) is 0 Å². The standard InChI is InChI=1S/C5H14BNP/c1-5(2,3)8(4,6)7/h7H2,1-4H3. The monoisotopic (exact) mass is 130 g/mol. The number of hydrogen-bond acceptors (Lipinski definition) is 1. The molecule has 1 nitrogen and oxygen atoms in total. The summed E-state index contributed by atoms with van der Waals surface area (Å²) in [6.07, 6.45) is 0. The molecule has 0 spiro atoms. The van der Waals surface area contributed by atoms with Gasteiger partial charge in [-0.2, -0.15) is 7.29 Å². The van der Waals surface area contributed by atoms with Gasteiger partial charge in [0.2, 0.25) is 0 Å². The molecule has 0 saturated heterocycles. The molecule has 0 aromatic carbocycles.